The van der Waals surface area contributed by atoms with Crippen molar-refractivity contribution < 1.29 is 14.3 Å². The van der Waals surface area contributed by atoms with E-state index in [4.69, 9.17) is 4.74 Å². The van der Waals surface area contributed by atoms with Gasteiger partial charge in [-0.3, -0.25) is 9.59 Å². The van der Waals surface area contributed by atoms with E-state index in [-0.39, 0.29) is 17.7 Å². The van der Waals surface area contributed by atoms with Crippen LogP contribution in [0.3, 0.4) is 0 Å². The van der Waals surface area contributed by atoms with Gasteiger partial charge >= 0.3 is 0 Å². The minimum Gasteiger partial charge on any atom is -0.383 e. The molecule has 1 fully saturated rings. The number of fused-ring (bicyclic) bond motifs is 1. The van der Waals surface area contributed by atoms with Crippen molar-refractivity contribution in [2.24, 2.45) is 11.8 Å². The van der Waals surface area contributed by atoms with Crippen LogP contribution in [0.25, 0.3) is 0 Å². The quantitative estimate of drug-likeness (QED) is 0.710. The Hall–Kier alpha value is -1.89. The highest BCUT2D eigenvalue weighted by atomic mass is 16.5. The first kappa shape index (κ1) is 16.0. The molecule has 1 unspecified atom stereocenters. The van der Waals surface area contributed by atoms with Crippen LogP contribution in [-0.2, 0) is 22.5 Å². The summed E-state index contributed by atoms with van der Waals surface area (Å²) < 4.78 is 6.88. The molecular weight excluding hydrogens is 296 g/mol. The first-order valence-corrected chi connectivity index (χ1v) is 8.28. The van der Waals surface area contributed by atoms with Crippen molar-refractivity contribution in [2.75, 3.05) is 26.8 Å². The van der Waals surface area contributed by atoms with Crippen molar-refractivity contribution in [3.8, 4) is 0 Å². The normalized spacial score (nSPS) is 20.0. The molecule has 1 aliphatic carbocycles. The van der Waals surface area contributed by atoms with Crippen LogP contribution in [0.2, 0.25) is 0 Å². The fourth-order valence-electron chi connectivity index (χ4n) is 2.93. The van der Waals surface area contributed by atoms with Crippen LogP contribution in [-0.4, -0.2) is 48.2 Å². The number of ether oxygens (including phenoxy) is 1. The van der Waals surface area contributed by atoms with Gasteiger partial charge < -0.3 is 19.9 Å². The average Bonchev–Trinajstić information content (AvgIpc) is 3.29. The monoisotopic (exact) mass is 320 g/mol. The number of aromatic nitrogens is 2. The van der Waals surface area contributed by atoms with Gasteiger partial charge in [0.1, 0.15) is 5.69 Å². The van der Waals surface area contributed by atoms with E-state index in [0.717, 1.165) is 18.7 Å². The summed E-state index contributed by atoms with van der Waals surface area (Å²) in [6.07, 6.45) is 5.54. The summed E-state index contributed by atoms with van der Waals surface area (Å²) in [6, 6.07) is 0. The molecule has 1 aliphatic heterocycles. The SMILES string of the molecule is COCCNC(=O)C1CCc2c(C(=O)NCC3CC3)ncn2C1. The zero-order valence-corrected chi connectivity index (χ0v) is 13.5. The lowest BCUT2D eigenvalue weighted by Crippen LogP contribution is -2.37. The molecule has 1 aromatic heterocycles. The van der Waals surface area contributed by atoms with E-state index in [1.54, 1.807) is 13.4 Å². The molecule has 7 nitrogen and oxygen atoms in total. The van der Waals surface area contributed by atoms with Crippen LogP contribution in [0.15, 0.2) is 6.33 Å². The van der Waals surface area contributed by atoms with Crippen molar-refractivity contribution in [1.82, 2.24) is 20.2 Å². The van der Waals surface area contributed by atoms with Crippen LogP contribution in [0, 0.1) is 11.8 Å². The van der Waals surface area contributed by atoms with Gasteiger partial charge in [0.2, 0.25) is 5.91 Å². The minimum atomic E-state index is -0.0892. The van der Waals surface area contributed by atoms with E-state index in [1.807, 2.05) is 4.57 Å². The number of hydrogen-bond acceptors (Lipinski definition) is 4. The second kappa shape index (κ2) is 7.12. The zero-order chi connectivity index (χ0) is 16.2. The largest absolute Gasteiger partial charge is 0.383 e. The maximum atomic E-state index is 12.2. The zero-order valence-electron chi connectivity index (χ0n) is 13.5. The molecule has 2 amide bonds. The predicted octanol–water partition coefficient (Wildman–Crippen LogP) is 0.348. The van der Waals surface area contributed by atoms with Crippen molar-refractivity contribution in [3.05, 3.63) is 17.7 Å². The van der Waals surface area contributed by atoms with Crippen molar-refractivity contribution in [1.29, 1.82) is 0 Å². The van der Waals surface area contributed by atoms with Gasteiger partial charge in [-0.2, -0.15) is 0 Å². The van der Waals surface area contributed by atoms with Gasteiger partial charge in [-0.05, 0) is 31.6 Å². The highest BCUT2D eigenvalue weighted by Crippen LogP contribution is 2.28. The molecule has 0 spiro atoms. The first-order valence-electron chi connectivity index (χ1n) is 8.28. The van der Waals surface area contributed by atoms with Crippen molar-refractivity contribution in [2.45, 2.75) is 32.2 Å². The lowest BCUT2D eigenvalue weighted by molar-refractivity contribution is -0.126. The molecule has 2 aliphatic rings. The molecule has 3 rings (SSSR count). The summed E-state index contributed by atoms with van der Waals surface area (Å²) in [5.74, 6) is 0.531. The molecule has 7 heteroatoms. The lowest BCUT2D eigenvalue weighted by atomic mass is 9.96. The highest BCUT2D eigenvalue weighted by molar-refractivity contribution is 5.93. The van der Waals surface area contributed by atoms with Crippen LogP contribution >= 0.6 is 0 Å². The molecule has 2 N–H and O–H groups in total. The topological polar surface area (TPSA) is 85.2 Å². The maximum absolute atomic E-state index is 12.2. The summed E-state index contributed by atoms with van der Waals surface area (Å²) in [5, 5.41) is 5.83. The Morgan fingerprint density at radius 3 is 2.91 bits per heavy atom. The smallest absolute Gasteiger partial charge is 0.271 e. The number of imidazole rings is 1. The van der Waals surface area contributed by atoms with Crippen LogP contribution in [0.5, 0.6) is 0 Å². The second-order valence-corrected chi connectivity index (χ2v) is 6.37. The molecule has 23 heavy (non-hydrogen) atoms. The molecule has 0 radical (unpaired) electrons. The Morgan fingerprint density at radius 2 is 2.17 bits per heavy atom. The average molecular weight is 320 g/mol. The molecule has 126 valence electrons. The third-order valence-electron chi connectivity index (χ3n) is 4.53. The Bertz CT molecular complexity index is 580. The van der Waals surface area contributed by atoms with Crippen LogP contribution in [0.1, 0.15) is 35.4 Å². The van der Waals surface area contributed by atoms with Gasteiger partial charge in [0.25, 0.3) is 5.91 Å². The van der Waals surface area contributed by atoms with Crippen molar-refractivity contribution >= 4 is 11.8 Å². The fourth-order valence-corrected chi connectivity index (χ4v) is 2.93. The number of hydrogen-bond donors (Lipinski definition) is 2. The van der Waals surface area contributed by atoms with Gasteiger partial charge in [-0.1, -0.05) is 0 Å². The molecule has 0 aromatic carbocycles. The fraction of sp³-hybridized carbons (Fsp3) is 0.688. The molecule has 1 aromatic rings. The molecular formula is C16H24N4O3. The molecule has 2 heterocycles. The minimum absolute atomic E-state index is 0.0427. The third-order valence-corrected chi connectivity index (χ3v) is 4.53. The number of carbonyl (C=O) groups is 2. The molecule has 1 atom stereocenters. The maximum Gasteiger partial charge on any atom is 0.271 e. The van der Waals surface area contributed by atoms with Gasteiger partial charge in [-0.15, -0.1) is 0 Å². The van der Waals surface area contributed by atoms with Crippen LogP contribution in [0.4, 0.5) is 0 Å². The number of carbonyl (C=O) groups excluding carboxylic acids is 2. The summed E-state index contributed by atoms with van der Waals surface area (Å²) in [7, 11) is 1.61. The van der Waals surface area contributed by atoms with E-state index in [2.05, 4.69) is 15.6 Å². The second-order valence-electron chi connectivity index (χ2n) is 6.37. The summed E-state index contributed by atoms with van der Waals surface area (Å²) in [5.41, 5.74) is 1.46. The summed E-state index contributed by atoms with van der Waals surface area (Å²) in [4.78, 5) is 28.6. The number of amides is 2. The lowest BCUT2D eigenvalue weighted by Gasteiger charge is -2.23. The Morgan fingerprint density at radius 1 is 1.35 bits per heavy atom. The Balaban J connectivity index is 1.57. The Labute approximate surface area is 135 Å². The molecule has 1 saturated carbocycles. The van der Waals surface area contributed by atoms with E-state index < -0.39 is 0 Å². The van der Waals surface area contributed by atoms with Crippen molar-refractivity contribution in [3.63, 3.8) is 0 Å². The Kier molecular flexibility index (Phi) is 4.95. The highest BCUT2D eigenvalue weighted by Gasteiger charge is 2.29. The van der Waals surface area contributed by atoms with Gasteiger partial charge in [0, 0.05) is 26.7 Å². The number of nitrogens with one attached hydrogen (secondary N) is 2. The third kappa shape index (κ3) is 3.90. The summed E-state index contributed by atoms with van der Waals surface area (Å²) in [6.45, 7) is 2.37. The standard InChI is InChI=1S/C16H24N4O3/c1-23-7-6-17-15(21)12-4-5-13-14(19-10-20(13)9-12)16(22)18-8-11-2-3-11/h10-12H,2-9H2,1H3,(H,17,21)(H,18,22). The van der Waals surface area contributed by atoms with Gasteiger partial charge in [-0.25, -0.2) is 4.98 Å². The molecule has 0 bridgehead atoms. The number of methoxy groups -OCH3 is 1. The van der Waals surface area contributed by atoms with Gasteiger partial charge in [0.05, 0.1) is 24.5 Å². The first-order chi connectivity index (χ1) is 11.2. The number of nitrogens with zero attached hydrogens (tertiary/aromatic N) is 2. The van der Waals surface area contributed by atoms with Crippen LogP contribution < -0.4 is 10.6 Å². The van der Waals surface area contributed by atoms with E-state index in [9.17, 15) is 9.59 Å². The summed E-state index contributed by atoms with van der Waals surface area (Å²) >= 11 is 0. The molecule has 0 saturated heterocycles. The van der Waals surface area contributed by atoms with Gasteiger partial charge in [0.15, 0.2) is 0 Å². The van der Waals surface area contributed by atoms with E-state index in [1.165, 1.54) is 12.8 Å². The predicted molar refractivity (Wildman–Crippen MR) is 84.0 cm³/mol. The number of rotatable bonds is 7. The van der Waals surface area contributed by atoms with E-state index >= 15 is 0 Å². The van der Waals surface area contributed by atoms with E-state index in [0.29, 0.717) is 37.7 Å².